The van der Waals surface area contributed by atoms with Gasteiger partial charge in [0.2, 0.25) is 0 Å². The zero-order valence-corrected chi connectivity index (χ0v) is 27.0. The molecule has 0 radical (unpaired) electrons. The first-order valence-electron chi connectivity index (χ1n) is 14.5. The second-order valence-corrected chi connectivity index (χ2v) is 12.8. The highest BCUT2D eigenvalue weighted by molar-refractivity contribution is 7.86. The van der Waals surface area contributed by atoms with Gasteiger partial charge in [-0.05, 0) is 82.3 Å². The van der Waals surface area contributed by atoms with Gasteiger partial charge in [0, 0.05) is 18.3 Å². The number of amides is 1. The maximum atomic E-state index is 12.4. The van der Waals surface area contributed by atoms with Crippen LogP contribution in [0.3, 0.4) is 0 Å². The normalized spacial score (nSPS) is 11.8. The summed E-state index contributed by atoms with van der Waals surface area (Å²) in [7, 11) is -2.14. The molecule has 4 rings (SSSR count). The van der Waals surface area contributed by atoms with E-state index in [-0.39, 0.29) is 18.1 Å². The van der Waals surface area contributed by atoms with E-state index in [1.807, 2.05) is 64.1 Å². The lowest BCUT2D eigenvalue weighted by Gasteiger charge is -2.24. The van der Waals surface area contributed by atoms with Gasteiger partial charge >= 0.3 is 6.09 Å². The summed E-state index contributed by atoms with van der Waals surface area (Å²) in [4.78, 5) is 23.3. The standard InChI is InChI=1S/C33H39N3O8S/c1-24-6-13-28(14-7-24)45(38,39)43-21-19-41-17-16-40-18-20-42-27-11-8-25(9-12-27)31-23-34-30-22-26(10-15-29(30)35-31)36(5)32(37)44-33(2,3)4/h6-15,22-23H,16-21H2,1-5H3. The Kier molecular flexibility index (Phi) is 11.5. The maximum Gasteiger partial charge on any atom is 0.414 e. The van der Waals surface area contributed by atoms with Crippen LogP contribution in [0.1, 0.15) is 26.3 Å². The van der Waals surface area contributed by atoms with Crippen molar-refractivity contribution in [2.45, 2.75) is 38.2 Å². The average molecular weight is 638 g/mol. The Morgan fingerprint density at radius 2 is 1.47 bits per heavy atom. The number of rotatable bonds is 14. The fourth-order valence-corrected chi connectivity index (χ4v) is 4.91. The number of benzene rings is 3. The molecule has 11 nitrogen and oxygen atoms in total. The largest absolute Gasteiger partial charge is 0.491 e. The lowest BCUT2D eigenvalue weighted by atomic mass is 10.1. The summed E-state index contributed by atoms with van der Waals surface area (Å²) in [6.07, 6.45) is 1.25. The van der Waals surface area contributed by atoms with Crippen molar-refractivity contribution in [3.05, 3.63) is 78.5 Å². The highest BCUT2D eigenvalue weighted by Gasteiger charge is 2.21. The zero-order chi connectivity index (χ0) is 32.5. The number of carbonyl (C=O) groups excluding carboxylic acids is 1. The molecule has 1 heterocycles. The lowest BCUT2D eigenvalue weighted by molar-refractivity contribution is 0.0279. The van der Waals surface area contributed by atoms with Crippen LogP contribution in [0, 0.1) is 6.92 Å². The first kappa shape index (κ1) is 33.8. The van der Waals surface area contributed by atoms with Crippen LogP contribution < -0.4 is 9.64 Å². The van der Waals surface area contributed by atoms with E-state index >= 15 is 0 Å². The maximum absolute atomic E-state index is 12.4. The van der Waals surface area contributed by atoms with Crippen LogP contribution >= 0.6 is 0 Å². The highest BCUT2D eigenvalue weighted by atomic mass is 32.2. The summed E-state index contributed by atoms with van der Waals surface area (Å²) in [6, 6.07) is 19.4. The van der Waals surface area contributed by atoms with Gasteiger partial charge in [0.15, 0.2) is 0 Å². The molecule has 1 amide bonds. The average Bonchev–Trinajstić information content (AvgIpc) is 3.00. The number of carbonyl (C=O) groups is 1. The molecule has 0 aliphatic heterocycles. The van der Waals surface area contributed by atoms with Gasteiger partial charge in [-0.1, -0.05) is 17.7 Å². The van der Waals surface area contributed by atoms with Crippen molar-refractivity contribution in [1.29, 1.82) is 0 Å². The molecule has 0 aliphatic rings. The van der Waals surface area contributed by atoms with Crippen molar-refractivity contribution >= 4 is 32.9 Å². The molecule has 45 heavy (non-hydrogen) atoms. The van der Waals surface area contributed by atoms with Crippen molar-refractivity contribution in [3.8, 4) is 17.0 Å². The van der Waals surface area contributed by atoms with E-state index in [1.165, 1.54) is 17.0 Å². The molecular weight excluding hydrogens is 598 g/mol. The topological polar surface area (TPSA) is 126 Å². The third-order valence-corrected chi connectivity index (χ3v) is 7.70. The first-order valence-corrected chi connectivity index (χ1v) is 15.9. The van der Waals surface area contributed by atoms with Crippen LogP contribution in [0.5, 0.6) is 5.75 Å². The number of hydrogen-bond donors (Lipinski definition) is 0. The van der Waals surface area contributed by atoms with Gasteiger partial charge in [-0.15, -0.1) is 0 Å². The Balaban J connectivity index is 1.15. The molecule has 0 N–H and O–H groups in total. The van der Waals surface area contributed by atoms with Gasteiger partial charge in [-0.25, -0.2) is 9.78 Å². The number of hydrogen-bond acceptors (Lipinski definition) is 10. The predicted molar refractivity (Wildman–Crippen MR) is 171 cm³/mol. The van der Waals surface area contributed by atoms with E-state index in [0.717, 1.165) is 11.1 Å². The van der Waals surface area contributed by atoms with Crippen molar-refractivity contribution in [2.24, 2.45) is 0 Å². The molecule has 3 aromatic carbocycles. The zero-order valence-electron chi connectivity index (χ0n) is 26.2. The highest BCUT2D eigenvalue weighted by Crippen LogP contribution is 2.25. The summed E-state index contributed by atoms with van der Waals surface area (Å²) < 4.78 is 51.4. The number of ether oxygens (including phenoxy) is 4. The Morgan fingerprint density at radius 1 is 0.822 bits per heavy atom. The third kappa shape index (κ3) is 10.2. The van der Waals surface area contributed by atoms with Gasteiger partial charge in [0.25, 0.3) is 10.1 Å². The van der Waals surface area contributed by atoms with E-state index in [2.05, 4.69) is 4.98 Å². The molecule has 0 aliphatic carbocycles. The summed E-state index contributed by atoms with van der Waals surface area (Å²) in [5.41, 5.74) is 4.01. The second kappa shape index (κ2) is 15.3. The third-order valence-electron chi connectivity index (χ3n) is 6.37. The summed E-state index contributed by atoms with van der Waals surface area (Å²) in [6.45, 7) is 8.78. The molecule has 0 fully saturated rings. The van der Waals surface area contributed by atoms with Gasteiger partial charge in [-0.3, -0.25) is 14.1 Å². The van der Waals surface area contributed by atoms with E-state index in [1.54, 1.807) is 31.4 Å². The van der Waals surface area contributed by atoms with Gasteiger partial charge in [0.1, 0.15) is 18.0 Å². The van der Waals surface area contributed by atoms with Crippen molar-refractivity contribution in [2.75, 3.05) is 51.6 Å². The minimum atomic E-state index is -3.80. The SMILES string of the molecule is Cc1ccc(S(=O)(=O)OCCOCCOCCOc2ccc(-c3cnc4cc(N(C)C(=O)OC(C)(C)C)ccc4n3)cc2)cc1. The molecule has 0 spiro atoms. The van der Waals surface area contributed by atoms with E-state index in [0.29, 0.717) is 54.6 Å². The van der Waals surface area contributed by atoms with Gasteiger partial charge in [-0.2, -0.15) is 8.42 Å². The second-order valence-electron chi connectivity index (χ2n) is 11.2. The summed E-state index contributed by atoms with van der Waals surface area (Å²) in [5.74, 6) is 0.689. The van der Waals surface area contributed by atoms with Gasteiger partial charge in [0.05, 0.1) is 60.9 Å². The minimum absolute atomic E-state index is 0.0749. The molecule has 240 valence electrons. The van der Waals surface area contributed by atoms with E-state index in [9.17, 15) is 13.2 Å². The molecule has 0 atom stereocenters. The first-order chi connectivity index (χ1) is 21.4. The van der Waals surface area contributed by atoms with E-state index in [4.69, 9.17) is 28.1 Å². The fraction of sp³-hybridized carbons (Fsp3) is 0.364. The Bertz CT molecular complexity index is 1670. The fourth-order valence-electron chi connectivity index (χ4n) is 4.02. The molecular formula is C33H39N3O8S. The van der Waals surface area contributed by atoms with Crippen molar-refractivity contribution in [3.63, 3.8) is 0 Å². The quantitative estimate of drug-likeness (QED) is 0.124. The summed E-state index contributed by atoms with van der Waals surface area (Å²) in [5, 5.41) is 0. The Hall–Kier alpha value is -4.10. The van der Waals surface area contributed by atoms with Crippen LogP contribution in [-0.2, 0) is 28.5 Å². The number of fused-ring (bicyclic) bond motifs is 1. The van der Waals surface area contributed by atoms with Crippen LogP contribution in [0.2, 0.25) is 0 Å². The predicted octanol–water partition coefficient (Wildman–Crippen LogP) is 5.79. The van der Waals surface area contributed by atoms with Crippen LogP contribution in [-0.4, -0.2) is 76.8 Å². The number of anilines is 1. The smallest absolute Gasteiger partial charge is 0.414 e. The Labute approximate surface area is 264 Å². The molecule has 0 saturated carbocycles. The van der Waals surface area contributed by atoms with Crippen molar-refractivity contribution in [1.82, 2.24) is 9.97 Å². The lowest BCUT2D eigenvalue weighted by Crippen LogP contribution is -2.34. The van der Waals surface area contributed by atoms with Gasteiger partial charge < -0.3 is 18.9 Å². The van der Waals surface area contributed by atoms with Crippen molar-refractivity contribution < 1.29 is 36.3 Å². The Morgan fingerprint density at radius 3 is 2.13 bits per heavy atom. The molecule has 0 bridgehead atoms. The van der Waals surface area contributed by atoms with Crippen LogP contribution in [0.15, 0.2) is 77.8 Å². The molecule has 12 heteroatoms. The van der Waals surface area contributed by atoms with Crippen LogP contribution in [0.25, 0.3) is 22.3 Å². The minimum Gasteiger partial charge on any atom is -0.491 e. The molecule has 0 saturated heterocycles. The number of aryl methyl sites for hydroxylation is 1. The molecule has 0 unspecified atom stereocenters. The monoisotopic (exact) mass is 637 g/mol. The van der Waals surface area contributed by atoms with Crippen LogP contribution in [0.4, 0.5) is 10.5 Å². The van der Waals surface area contributed by atoms with E-state index < -0.39 is 21.8 Å². The molecule has 4 aromatic rings. The number of aromatic nitrogens is 2. The number of nitrogens with zero attached hydrogens (tertiary/aromatic N) is 3. The molecule has 1 aromatic heterocycles. The summed E-state index contributed by atoms with van der Waals surface area (Å²) >= 11 is 0.